The largest absolute Gasteiger partial charge is 0.264 e. The topological polar surface area (TPSA) is 12.9 Å². The molecule has 7 rings (SSSR count). The van der Waals surface area contributed by atoms with Gasteiger partial charge in [0.2, 0.25) is 0 Å². The summed E-state index contributed by atoms with van der Waals surface area (Å²) in [5.74, 6) is 0. The smallest absolute Gasteiger partial charge is 0.0346 e. The summed E-state index contributed by atoms with van der Waals surface area (Å²) >= 11 is 0. The minimum atomic E-state index is 1.13. The molecule has 0 aliphatic carbocycles. The number of benzene rings is 6. The van der Waals surface area contributed by atoms with Gasteiger partial charge in [-0.25, -0.2) is 0 Å². The molecular weight excluding hydrogens is 434 g/mol. The molecule has 0 aliphatic heterocycles. The van der Waals surface area contributed by atoms with Gasteiger partial charge in [-0.2, -0.15) is 0 Å². The molecule has 0 spiro atoms. The molecule has 0 fully saturated rings. The van der Waals surface area contributed by atoms with Crippen LogP contribution in [0.1, 0.15) is 0 Å². The second-order valence-corrected chi connectivity index (χ2v) is 9.23. The third-order valence-corrected chi connectivity index (χ3v) is 7.12. The molecule has 0 unspecified atom stereocenters. The fraction of sp³-hybridized carbons (Fsp3) is 0. The molecule has 0 bridgehead atoms. The number of pyridine rings is 1. The van der Waals surface area contributed by atoms with E-state index in [1.165, 1.54) is 60.1 Å². The first-order valence-corrected chi connectivity index (χ1v) is 12.3. The second-order valence-electron chi connectivity index (χ2n) is 9.23. The van der Waals surface area contributed by atoms with Gasteiger partial charge < -0.3 is 0 Å². The van der Waals surface area contributed by atoms with Crippen molar-refractivity contribution in [3.63, 3.8) is 0 Å². The summed E-state index contributed by atoms with van der Waals surface area (Å²) in [4.78, 5) is 4.31. The van der Waals surface area contributed by atoms with E-state index in [9.17, 15) is 0 Å². The maximum absolute atomic E-state index is 4.31. The highest BCUT2D eigenvalue weighted by Gasteiger charge is 2.16. The fourth-order valence-electron chi connectivity index (χ4n) is 5.47. The Morgan fingerprint density at radius 2 is 0.889 bits per heavy atom. The van der Waals surface area contributed by atoms with Crippen LogP contribution in [0.2, 0.25) is 0 Å². The van der Waals surface area contributed by atoms with E-state index in [0.29, 0.717) is 0 Å². The van der Waals surface area contributed by atoms with Gasteiger partial charge in [0.05, 0.1) is 0 Å². The first kappa shape index (κ1) is 20.6. The van der Waals surface area contributed by atoms with E-state index in [2.05, 4.69) is 126 Å². The highest BCUT2D eigenvalue weighted by Crippen LogP contribution is 2.44. The maximum Gasteiger partial charge on any atom is 0.0346 e. The molecule has 0 radical (unpaired) electrons. The zero-order valence-corrected chi connectivity index (χ0v) is 19.7. The number of aromatic nitrogens is 1. The highest BCUT2D eigenvalue weighted by atomic mass is 14.6. The lowest BCUT2D eigenvalue weighted by molar-refractivity contribution is 1.33. The van der Waals surface area contributed by atoms with E-state index in [-0.39, 0.29) is 0 Å². The lowest BCUT2D eigenvalue weighted by Gasteiger charge is -2.18. The Labute approximate surface area is 210 Å². The monoisotopic (exact) mass is 457 g/mol. The van der Waals surface area contributed by atoms with Crippen molar-refractivity contribution in [2.24, 2.45) is 0 Å². The van der Waals surface area contributed by atoms with Crippen molar-refractivity contribution in [1.29, 1.82) is 0 Å². The van der Waals surface area contributed by atoms with Crippen molar-refractivity contribution in [3.8, 4) is 33.4 Å². The molecule has 36 heavy (non-hydrogen) atoms. The van der Waals surface area contributed by atoms with Crippen molar-refractivity contribution in [2.45, 2.75) is 0 Å². The van der Waals surface area contributed by atoms with Crippen molar-refractivity contribution in [3.05, 3.63) is 140 Å². The SMILES string of the molecule is c1ccc(-c2c3ccccc3c(-c3ccc4ccc(-c5cccnc5)cc4c3)c3ccccc23)cc1. The molecule has 0 aliphatic rings. The Morgan fingerprint density at radius 1 is 0.361 bits per heavy atom. The van der Waals surface area contributed by atoms with Crippen molar-refractivity contribution >= 4 is 32.3 Å². The Balaban J connectivity index is 1.53. The van der Waals surface area contributed by atoms with E-state index in [0.717, 1.165) is 5.56 Å². The van der Waals surface area contributed by atoms with Gasteiger partial charge >= 0.3 is 0 Å². The number of fused-ring (bicyclic) bond motifs is 3. The molecule has 1 nitrogen and oxygen atoms in total. The maximum atomic E-state index is 4.31. The lowest BCUT2D eigenvalue weighted by Crippen LogP contribution is -1.90. The Hall–Kier alpha value is -4.75. The Kier molecular flexibility index (Phi) is 4.85. The lowest BCUT2D eigenvalue weighted by atomic mass is 9.85. The van der Waals surface area contributed by atoms with E-state index < -0.39 is 0 Å². The van der Waals surface area contributed by atoms with Crippen LogP contribution in [0.25, 0.3) is 65.7 Å². The molecular formula is C35H23N. The number of hydrogen-bond acceptors (Lipinski definition) is 1. The van der Waals surface area contributed by atoms with Gasteiger partial charge in [-0.3, -0.25) is 4.98 Å². The zero-order chi connectivity index (χ0) is 23.9. The van der Waals surface area contributed by atoms with E-state index in [1.54, 1.807) is 0 Å². The van der Waals surface area contributed by atoms with E-state index >= 15 is 0 Å². The quantitative estimate of drug-likeness (QED) is 0.241. The normalized spacial score (nSPS) is 11.3. The van der Waals surface area contributed by atoms with E-state index in [1.807, 2.05) is 18.5 Å². The van der Waals surface area contributed by atoms with Gasteiger partial charge in [-0.1, -0.05) is 109 Å². The highest BCUT2D eigenvalue weighted by molar-refractivity contribution is 6.21. The van der Waals surface area contributed by atoms with Crippen LogP contribution >= 0.6 is 0 Å². The van der Waals surface area contributed by atoms with Crippen LogP contribution in [0, 0.1) is 0 Å². The predicted molar refractivity (Wildman–Crippen MR) is 153 cm³/mol. The van der Waals surface area contributed by atoms with Crippen molar-refractivity contribution in [2.75, 3.05) is 0 Å². The molecule has 6 aromatic carbocycles. The first-order chi connectivity index (χ1) is 17.9. The summed E-state index contributed by atoms with van der Waals surface area (Å²) in [6.45, 7) is 0. The van der Waals surface area contributed by atoms with Gasteiger partial charge in [0.15, 0.2) is 0 Å². The van der Waals surface area contributed by atoms with Gasteiger partial charge in [-0.15, -0.1) is 0 Å². The molecule has 1 aromatic heterocycles. The Morgan fingerprint density at radius 3 is 1.50 bits per heavy atom. The fourth-order valence-corrected chi connectivity index (χ4v) is 5.47. The summed E-state index contributed by atoms with van der Waals surface area (Å²) in [6.07, 6.45) is 3.74. The third kappa shape index (κ3) is 3.37. The van der Waals surface area contributed by atoms with Gasteiger partial charge in [0.25, 0.3) is 0 Å². The zero-order valence-electron chi connectivity index (χ0n) is 19.7. The number of rotatable bonds is 3. The predicted octanol–water partition coefficient (Wildman–Crippen LogP) is 9.54. The average Bonchev–Trinajstić information content (AvgIpc) is 2.96. The summed E-state index contributed by atoms with van der Waals surface area (Å²) in [7, 11) is 0. The minimum Gasteiger partial charge on any atom is -0.264 e. The molecule has 1 heteroatoms. The minimum absolute atomic E-state index is 1.13. The third-order valence-electron chi connectivity index (χ3n) is 7.12. The van der Waals surface area contributed by atoms with Crippen LogP contribution in [0.3, 0.4) is 0 Å². The number of hydrogen-bond donors (Lipinski definition) is 0. The van der Waals surface area contributed by atoms with Crippen LogP contribution in [0.15, 0.2) is 140 Å². The van der Waals surface area contributed by atoms with Gasteiger partial charge in [0, 0.05) is 18.0 Å². The van der Waals surface area contributed by atoms with Crippen molar-refractivity contribution in [1.82, 2.24) is 4.98 Å². The Bertz CT molecular complexity index is 1810. The van der Waals surface area contributed by atoms with Crippen LogP contribution < -0.4 is 0 Å². The van der Waals surface area contributed by atoms with Crippen LogP contribution in [0.5, 0.6) is 0 Å². The summed E-state index contributed by atoms with van der Waals surface area (Å²) in [6, 6.07) is 46.0. The molecule has 0 N–H and O–H groups in total. The molecule has 0 atom stereocenters. The second kappa shape index (κ2) is 8.48. The first-order valence-electron chi connectivity index (χ1n) is 12.3. The molecule has 0 saturated heterocycles. The molecule has 0 amide bonds. The summed E-state index contributed by atoms with van der Waals surface area (Å²) < 4.78 is 0. The van der Waals surface area contributed by atoms with Crippen molar-refractivity contribution < 1.29 is 0 Å². The van der Waals surface area contributed by atoms with Gasteiger partial charge in [0.1, 0.15) is 0 Å². The van der Waals surface area contributed by atoms with Gasteiger partial charge in [-0.05, 0) is 78.3 Å². The van der Waals surface area contributed by atoms with Crippen LogP contribution in [0.4, 0.5) is 0 Å². The molecule has 1 heterocycles. The molecule has 0 saturated carbocycles. The molecule has 168 valence electrons. The van der Waals surface area contributed by atoms with E-state index in [4.69, 9.17) is 0 Å². The molecule has 7 aromatic rings. The van der Waals surface area contributed by atoms with Crippen LogP contribution in [-0.2, 0) is 0 Å². The standard InChI is InChI=1S/C35H23N/c1-2-9-25(10-3-1)34-30-12-4-6-14-32(30)35(33-15-7-5-13-31(33)34)27-19-17-24-16-18-26(21-29(24)22-27)28-11-8-20-36-23-28/h1-23H. The number of nitrogens with zero attached hydrogens (tertiary/aromatic N) is 1. The summed E-state index contributed by atoms with van der Waals surface area (Å²) in [5.41, 5.74) is 7.38. The van der Waals surface area contributed by atoms with Crippen LogP contribution in [-0.4, -0.2) is 4.98 Å². The average molecular weight is 458 g/mol. The summed E-state index contributed by atoms with van der Waals surface area (Å²) in [5, 5.41) is 7.58.